The van der Waals surface area contributed by atoms with Gasteiger partial charge < -0.3 is 19.0 Å². The summed E-state index contributed by atoms with van der Waals surface area (Å²) in [6.45, 7) is 2.02. The van der Waals surface area contributed by atoms with Gasteiger partial charge in [0.1, 0.15) is 12.4 Å². The second kappa shape index (κ2) is 9.32. The monoisotopic (exact) mass is 343 g/mol. The van der Waals surface area contributed by atoms with Crippen LogP contribution in [0.15, 0.2) is 47.6 Å². The maximum atomic E-state index is 11.5. The van der Waals surface area contributed by atoms with Crippen LogP contribution < -0.4 is 14.2 Å². The number of oxime groups is 1. The summed E-state index contributed by atoms with van der Waals surface area (Å²) < 4.78 is 16.1. The Morgan fingerprint density at radius 1 is 1.00 bits per heavy atom. The minimum atomic E-state index is -0.0420. The van der Waals surface area contributed by atoms with Crippen molar-refractivity contribution >= 4 is 12.0 Å². The zero-order chi connectivity index (χ0) is 18.1. The topological polar surface area (TPSA) is 66.3 Å². The average Bonchev–Trinajstić information content (AvgIpc) is 2.64. The zero-order valence-electron chi connectivity index (χ0n) is 14.5. The number of hydrogen-bond acceptors (Lipinski definition) is 6. The van der Waals surface area contributed by atoms with E-state index in [0.717, 1.165) is 5.56 Å². The van der Waals surface area contributed by atoms with Crippen molar-refractivity contribution in [2.75, 3.05) is 27.4 Å². The van der Waals surface area contributed by atoms with E-state index in [9.17, 15) is 4.79 Å². The number of benzene rings is 2. The standard InChI is InChI=1S/C19H21NO5/c1-14(21)16-8-4-5-9-17(16)24-11-12-25-20-13-15-7-6-10-18(22-2)19(15)23-3/h4-10,13H,11-12H2,1-3H3. The summed E-state index contributed by atoms with van der Waals surface area (Å²) in [7, 11) is 3.14. The molecule has 0 fully saturated rings. The van der Waals surface area contributed by atoms with E-state index in [1.54, 1.807) is 44.7 Å². The van der Waals surface area contributed by atoms with E-state index in [1.807, 2.05) is 18.2 Å². The molecule has 0 N–H and O–H groups in total. The molecule has 25 heavy (non-hydrogen) atoms. The predicted molar refractivity (Wildman–Crippen MR) is 95.0 cm³/mol. The maximum Gasteiger partial charge on any atom is 0.169 e. The number of carbonyl (C=O) groups excluding carboxylic acids is 1. The smallest absolute Gasteiger partial charge is 0.169 e. The van der Waals surface area contributed by atoms with Crippen molar-refractivity contribution in [3.05, 3.63) is 53.6 Å². The van der Waals surface area contributed by atoms with Crippen molar-refractivity contribution in [1.82, 2.24) is 0 Å². The minimum Gasteiger partial charge on any atom is -0.493 e. The van der Waals surface area contributed by atoms with E-state index >= 15 is 0 Å². The van der Waals surface area contributed by atoms with Crippen molar-refractivity contribution in [2.45, 2.75) is 6.92 Å². The first-order valence-electron chi connectivity index (χ1n) is 7.76. The zero-order valence-corrected chi connectivity index (χ0v) is 14.5. The number of nitrogens with zero attached hydrogens (tertiary/aromatic N) is 1. The molecule has 6 nitrogen and oxygen atoms in total. The molecule has 0 spiro atoms. The van der Waals surface area contributed by atoms with Crippen LogP contribution in [0.1, 0.15) is 22.8 Å². The van der Waals surface area contributed by atoms with Crippen LogP contribution in [0.25, 0.3) is 0 Å². The molecule has 0 unspecified atom stereocenters. The van der Waals surface area contributed by atoms with Gasteiger partial charge in [-0.25, -0.2) is 0 Å². The summed E-state index contributed by atoms with van der Waals surface area (Å²) in [6.07, 6.45) is 1.55. The van der Waals surface area contributed by atoms with Crippen LogP contribution >= 0.6 is 0 Å². The lowest BCUT2D eigenvalue weighted by molar-refractivity contribution is 0.0987. The third-order valence-corrected chi connectivity index (χ3v) is 3.40. The second-order valence-electron chi connectivity index (χ2n) is 5.05. The van der Waals surface area contributed by atoms with Crippen LogP contribution in [0.2, 0.25) is 0 Å². The van der Waals surface area contributed by atoms with Gasteiger partial charge >= 0.3 is 0 Å². The van der Waals surface area contributed by atoms with Gasteiger partial charge in [-0.3, -0.25) is 4.79 Å². The Hall–Kier alpha value is -3.02. The first-order chi connectivity index (χ1) is 12.2. The summed E-state index contributed by atoms with van der Waals surface area (Å²) in [5.41, 5.74) is 1.29. The molecular weight excluding hydrogens is 322 g/mol. The molecule has 2 aromatic rings. The summed E-state index contributed by atoms with van der Waals surface area (Å²) in [5.74, 6) is 1.70. The normalized spacial score (nSPS) is 10.5. The van der Waals surface area contributed by atoms with E-state index in [0.29, 0.717) is 22.8 Å². The number of hydrogen-bond donors (Lipinski definition) is 0. The molecule has 0 bridgehead atoms. The van der Waals surface area contributed by atoms with E-state index in [1.165, 1.54) is 6.92 Å². The first-order valence-corrected chi connectivity index (χ1v) is 7.76. The second-order valence-corrected chi connectivity index (χ2v) is 5.05. The van der Waals surface area contributed by atoms with Gasteiger partial charge in [-0.05, 0) is 31.2 Å². The fourth-order valence-electron chi connectivity index (χ4n) is 2.23. The highest BCUT2D eigenvalue weighted by Gasteiger charge is 2.08. The Morgan fingerprint density at radius 3 is 2.48 bits per heavy atom. The van der Waals surface area contributed by atoms with E-state index in [2.05, 4.69) is 5.16 Å². The number of carbonyl (C=O) groups is 1. The molecule has 132 valence electrons. The minimum absolute atomic E-state index is 0.0420. The van der Waals surface area contributed by atoms with E-state index in [4.69, 9.17) is 19.0 Å². The first kappa shape index (κ1) is 18.3. The van der Waals surface area contributed by atoms with Crippen LogP contribution in [-0.4, -0.2) is 39.4 Å². The van der Waals surface area contributed by atoms with Gasteiger partial charge in [0, 0.05) is 5.56 Å². The van der Waals surface area contributed by atoms with Crippen LogP contribution in [0.3, 0.4) is 0 Å². The van der Waals surface area contributed by atoms with Gasteiger partial charge in [0.2, 0.25) is 0 Å². The highest BCUT2D eigenvalue weighted by atomic mass is 16.6. The number of ether oxygens (including phenoxy) is 3. The molecule has 0 amide bonds. The molecule has 0 radical (unpaired) electrons. The van der Waals surface area contributed by atoms with Gasteiger partial charge in [0.15, 0.2) is 23.9 Å². The van der Waals surface area contributed by atoms with Gasteiger partial charge in [-0.15, -0.1) is 0 Å². The van der Waals surface area contributed by atoms with Gasteiger partial charge in [0.25, 0.3) is 0 Å². The highest BCUT2D eigenvalue weighted by molar-refractivity contribution is 5.96. The Morgan fingerprint density at radius 2 is 1.76 bits per heavy atom. The SMILES string of the molecule is COc1cccc(C=NOCCOc2ccccc2C(C)=O)c1OC. The van der Waals surface area contributed by atoms with Crippen molar-refractivity contribution < 1.29 is 23.8 Å². The third-order valence-electron chi connectivity index (χ3n) is 3.40. The summed E-state index contributed by atoms with van der Waals surface area (Å²) in [6, 6.07) is 12.6. The van der Waals surface area contributed by atoms with Crippen molar-refractivity contribution in [2.24, 2.45) is 5.16 Å². The molecule has 6 heteroatoms. The van der Waals surface area contributed by atoms with Crippen molar-refractivity contribution in [1.29, 1.82) is 0 Å². The molecule has 0 atom stereocenters. The Balaban J connectivity index is 1.86. The van der Waals surface area contributed by atoms with Crippen LogP contribution in [0.5, 0.6) is 17.2 Å². The molecule has 0 saturated carbocycles. The lowest BCUT2D eigenvalue weighted by Gasteiger charge is -2.10. The average molecular weight is 343 g/mol. The quantitative estimate of drug-likeness (QED) is 0.302. The highest BCUT2D eigenvalue weighted by Crippen LogP contribution is 2.29. The summed E-state index contributed by atoms with van der Waals surface area (Å²) in [4.78, 5) is 16.7. The molecular formula is C19H21NO5. The largest absolute Gasteiger partial charge is 0.493 e. The lowest BCUT2D eigenvalue weighted by Crippen LogP contribution is -2.07. The van der Waals surface area contributed by atoms with E-state index < -0.39 is 0 Å². The molecule has 0 aromatic heterocycles. The fraction of sp³-hybridized carbons (Fsp3) is 0.263. The number of methoxy groups -OCH3 is 2. The van der Waals surface area contributed by atoms with Gasteiger partial charge in [-0.2, -0.15) is 0 Å². The molecule has 0 heterocycles. The number of rotatable bonds is 9. The molecule has 2 rings (SSSR count). The predicted octanol–water partition coefficient (Wildman–Crippen LogP) is 3.34. The van der Waals surface area contributed by atoms with Crippen LogP contribution in [-0.2, 0) is 4.84 Å². The number of para-hydroxylation sites is 2. The van der Waals surface area contributed by atoms with Gasteiger partial charge in [-0.1, -0.05) is 23.4 Å². The molecule has 0 aliphatic heterocycles. The van der Waals surface area contributed by atoms with E-state index in [-0.39, 0.29) is 19.0 Å². The summed E-state index contributed by atoms with van der Waals surface area (Å²) in [5, 5.41) is 3.91. The van der Waals surface area contributed by atoms with Gasteiger partial charge in [0.05, 0.1) is 26.0 Å². The fourth-order valence-corrected chi connectivity index (χ4v) is 2.23. The lowest BCUT2D eigenvalue weighted by atomic mass is 10.1. The number of ketones is 1. The maximum absolute atomic E-state index is 11.5. The summed E-state index contributed by atoms with van der Waals surface area (Å²) >= 11 is 0. The number of Topliss-reactive ketones (excluding diaryl/α,β-unsaturated/α-hetero) is 1. The molecule has 0 saturated heterocycles. The van der Waals surface area contributed by atoms with Crippen LogP contribution in [0.4, 0.5) is 0 Å². The van der Waals surface area contributed by atoms with Crippen LogP contribution in [0, 0.1) is 0 Å². The molecule has 0 aliphatic rings. The Bertz CT molecular complexity index is 742. The Labute approximate surface area is 147 Å². The molecule has 2 aromatic carbocycles. The van der Waals surface area contributed by atoms with Crippen molar-refractivity contribution in [3.63, 3.8) is 0 Å². The third kappa shape index (κ3) is 4.97. The molecule has 0 aliphatic carbocycles. The van der Waals surface area contributed by atoms with Crippen molar-refractivity contribution in [3.8, 4) is 17.2 Å². The Kier molecular flexibility index (Phi) is 6.83.